The molecule has 2 N–H and O–H groups in total. The lowest BCUT2D eigenvalue weighted by atomic mass is 10.1. The molecule has 0 aliphatic carbocycles. The molecule has 0 radical (unpaired) electrons. The van der Waals surface area contributed by atoms with Crippen LogP contribution >= 0.6 is 11.6 Å². The molecule has 0 amide bonds. The van der Waals surface area contributed by atoms with Crippen LogP contribution in [0.4, 0.5) is 0 Å². The highest BCUT2D eigenvalue weighted by Gasteiger charge is 2.33. The zero-order valence-corrected chi connectivity index (χ0v) is 11.1. The van der Waals surface area contributed by atoms with Crippen LogP contribution in [0.5, 0.6) is 0 Å². The number of piperidine rings is 1. The second-order valence-corrected chi connectivity index (χ2v) is 6.61. The number of halogens is 1. The van der Waals surface area contributed by atoms with E-state index in [0.717, 1.165) is 0 Å². The first kappa shape index (κ1) is 13.8. The third-order valence-electron chi connectivity index (χ3n) is 2.96. The van der Waals surface area contributed by atoms with Gasteiger partial charge in [-0.25, -0.2) is 8.42 Å². The molecule has 1 aromatic carbocycles. The lowest BCUT2D eigenvalue weighted by molar-refractivity contribution is -0.0191. The van der Waals surface area contributed by atoms with E-state index in [4.69, 9.17) is 11.6 Å². The summed E-state index contributed by atoms with van der Waals surface area (Å²) in [7, 11) is -3.63. The Balaban J connectivity index is 2.24. The first-order valence-electron chi connectivity index (χ1n) is 5.53. The minimum absolute atomic E-state index is 0.0911. The molecule has 1 aliphatic rings. The Morgan fingerprint density at radius 3 is 2.33 bits per heavy atom. The number of rotatable bonds is 2. The van der Waals surface area contributed by atoms with E-state index in [1.807, 2.05) is 0 Å². The maximum atomic E-state index is 12.2. The van der Waals surface area contributed by atoms with Crippen molar-refractivity contribution in [3.05, 3.63) is 29.3 Å². The van der Waals surface area contributed by atoms with Crippen molar-refractivity contribution in [2.24, 2.45) is 0 Å². The van der Waals surface area contributed by atoms with Crippen LogP contribution in [0.2, 0.25) is 5.02 Å². The molecule has 5 nitrogen and oxygen atoms in total. The van der Waals surface area contributed by atoms with Crippen molar-refractivity contribution in [1.82, 2.24) is 4.31 Å². The van der Waals surface area contributed by atoms with Crippen molar-refractivity contribution < 1.29 is 18.6 Å². The van der Waals surface area contributed by atoms with Gasteiger partial charge >= 0.3 is 0 Å². The van der Waals surface area contributed by atoms with E-state index in [9.17, 15) is 18.6 Å². The van der Waals surface area contributed by atoms with Gasteiger partial charge < -0.3 is 10.2 Å². The number of benzene rings is 1. The summed E-state index contributed by atoms with van der Waals surface area (Å²) in [6.07, 6.45) is -1.67. The summed E-state index contributed by atoms with van der Waals surface area (Å²) in [5.74, 6) is 0. The van der Waals surface area contributed by atoms with Crippen molar-refractivity contribution in [1.29, 1.82) is 0 Å². The van der Waals surface area contributed by atoms with E-state index >= 15 is 0 Å². The third-order valence-corrected chi connectivity index (χ3v) is 5.09. The fourth-order valence-corrected chi connectivity index (χ4v) is 3.46. The molecule has 1 saturated heterocycles. The van der Waals surface area contributed by atoms with Gasteiger partial charge in [-0.1, -0.05) is 11.6 Å². The Morgan fingerprint density at radius 2 is 1.78 bits per heavy atom. The maximum Gasteiger partial charge on any atom is 0.243 e. The number of β-amino-alcohol motifs (C(OH)–C–C–N with tert-alkyl or cyclic N) is 1. The fourth-order valence-electron chi connectivity index (χ4n) is 1.86. The highest BCUT2D eigenvalue weighted by molar-refractivity contribution is 7.89. The van der Waals surface area contributed by atoms with E-state index in [2.05, 4.69) is 0 Å². The molecular weight excluding hydrogens is 278 g/mol. The topological polar surface area (TPSA) is 77.8 Å². The number of aliphatic hydroxyl groups excluding tert-OH is 2. The quantitative estimate of drug-likeness (QED) is 0.830. The van der Waals surface area contributed by atoms with Gasteiger partial charge in [0.05, 0.1) is 17.1 Å². The predicted molar refractivity (Wildman–Crippen MR) is 66.8 cm³/mol. The molecule has 7 heteroatoms. The maximum absolute atomic E-state index is 12.2. The van der Waals surface area contributed by atoms with Gasteiger partial charge in [0.15, 0.2) is 0 Å². The molecule has 1 fully saturated rings. The summed E-state index contributed by atoms with van der Waals surface area (Å²) in [6, 6.07) is 5.86. The Morgan fingerprint density at radius 1 is 1.17 bits per heavy atom. The van der Waals surface area contributed by atoms with E-state index in [1.54, 1.807) is 0 Å². The van der Waals surface area contributed by atoms with Gasteiger partial charge in [-0.2, -0.15) is 4.31 Å². The molecule has 0 saturated carbocycles. The second-order valence-electron chi connectivity index (χ2n) is 4.24. The van der Waals surface area contributed by atoms with Crippen molar-refractivity contribution in [3.8, 4) is 0 Å². The molecule has 1 heterocycles. The largest absolute Gasteiger partial charge is 0.390 e. The van der Waals surface area contributed by atoms with E-state index in [0.29, 0.717) is 5.02 Å². The van der Waals surface area contributed by atoms with Crippen LogP contribution in [0.15, 0.2) is 29.2 Å². The van der Waals surface area contributed by atoms with Crippen LogP contribution < -0.4 is 0 Å². The zero-order valence-electron chi connectivity index (χ0n) is 9.53. The molecule has 1 aromatic rings. The normalized spacial score (nSPS) is 26.2. The summed E-state index contributed by atoms with van der Waals surface area (Å²) < 4.78 is 25.7. The zero-order chi connectivity index (χ0) is 13.3. The molecular formula is C11H14ClNO4S. The number of hydrogen-bond acceptors (Lipinski definition) is 4. The van der Waals surface area contributed by atoms with E-state index in [1.165, 1.54) is 28.6 Å². The summed E-state index contributed by atoms with van der Waals surface area (Å²) in [4.78, 5) is 0.135. The standard InChI is InChI=1S/C11H14ClNO4S/c12-8-1-3-9(4-2-8)18(16,17)13-6-5-10(14)11(15)7-13/h1-4,10-11,14-15H,5-7H2. The Kier molecular flexibility index (Phi) is 3.93. The van der Waals surface area contributed by atoms with Crippen LogP contribution in [0, 0.1) is 0 Å². The smallest absolute Gasteiger partial charge is 0.243 e. The third kappa shape index (κ3) is 2.67. The first-order chi connectivity index (χ1) is 8.41. The van der Waals surface area contributed by atoms with Crippen LogP contribution in [0.1, 0.15) is 6.42 Å². The van der Waals surface area contributed by atoms with E-state index in [-0.39, 0.29) is 24.4 Å². The lowest BCUT2D eigenvalue weighted by Crippen LogP contribution is -2.48. The summed E-state index contributed by atoms with van der Waals surface area (Å²) in [6.45, 7) is 0.106. The van der Waals surface area contributed by atoms with Gasteiger partial charge in [0.2, 0.25) is 10.0 Å². The average Bonchev–Trinajstić information content (AvgIpc) is 2.33. The van der Waals surface area contributed by atoms with Crippen LogP contribution in [0.3, 0.4) is 0 Å². The molecule has 0 spiro atoms. The van der Waals surface area contributed by atoms with Crippen molar-refractivity contribution in [2.75, 3.05) is 13.1 Å². The fraction of sp³-hybridized carbons (Fsp3) is 0.455. The van der Waals surface area contributed by atoms with Gasteiger partial charge in [0.1, 0.15) is 0 Å². The van der Waals surface area contributed by atoms with Crippen molar-refractivity contribution in [3.63, 3.8) is 0 Å². The van der Waals surface area contributed by atoms with Gasteiger partial charge in [-0.15, -0.1) is 0 Å². The number of hydrogen-bond donors (Lipinski definition) is 2. The molecule has 0 aromatic heterocycles. The van der Waals surface area contributed by atoms with Gasteiger partial charge in [-0.3, -0.25) is 0 Å². The minimum atomic E-state index is -3.63. The second kappa shape index (κ2) is 5.14. The van der Waals surface area contributed by atoms with Gasteiger partial charge in [0.25, 0.3) is 0 Å². The average molecular weight is 292 g/mol. The van der Waals surface area contributed by atoms with Crippen molar-refractivity contribution in [2.45, 2.75) is 23.5 Å². The van der Waals surface area contributed by atoms with Gasteiger partial charge in [-0.05, 0) is 30.7 Å². The molecule has 2 atom stereocenters. The Bertz CT molecular complexity index is 516. The SMILES string of the molecule is O=S(=O)(c1ccc(Cl)cc1)N1CCC(O)C(O)C1. The van der Waals surface area contributed by atoms with E-state index < -0.39 is 22.2 Å². The Hall–Kier alpha value is -0.660. The van der Waals surface area contributed by atoms with Crippen LogP contribution in [-0.2, 0) is 10.0 Å². The highest BCUT2D eigenvalue weighted by atomic mass is 35.5. The number of nitrogens with zero attached hydrogens (tertiary/aromatic N) is 1. The summed E-state index contributed by atoms with van der Waals surface area (Å²) in [5, 5.41) is 19.4. The lowest BCUT2D eigenvalue weighted by Gasteiger charge is -2.32. The molecule has 100 valence electrons. The molecule has 0 bridgehead atoms. The first-order valence-corrected chi connectivity index (χ1v) is 7.35. The number of aliphatic hydroxyl groups is 2. The van der Waals surface area contributed by atoms with Gasteiger partial charge in [0, 0.05) is 18.1 Å². The highest BCUT2D eigenvalue weighted by Crippen LogP contribution is 2.22. The van der Waals surface area contributed by atoms with Crippen molar-refractivity contribution >= 4 is 21.6 Å². The summed E-state index contributed by atoms with van der Waals surface area (Å²) >= 11 is 5.71. The molecule has 1 aliphatic heterocycles. The minimum Gasteiger partial charge on any atom is -0.390 e. The Labute approximate surface area is 111 Å². The van der Waals surface area contributed by atoms with Crippen LogP contribution in [-0.4, -0.2) is 48.2 Å². The molecule has 2 unspecified atom stereocenters. The predicted octanol–water partition coefficient (Wildman–Crippen LogP) is 0.456. The number of sulfonamides is 1. The molecule has 18 heavy (non-hydrogen) atoms. The summed E-state index contributed by atoms with van der Waals surface area (Å²) in [5.41, 5.74) is 0. The van der Waals surface area contributed by atoms with Crippen LogP contribution in [0.25, 0.3) is 0 Å². The molecule has 2 rings (SSSR count). The monoisotopic (exact) mass is 291 g/mol.